The largest absolute Gasteiger partial charge is 0.381 e. The van der Waals surface area contributed by atoms with E-state index in [4.69, 9.17) is 0 Å². The van der Waals surface area contributed by atoms with E-state index in [0.717, 1.165) is 0 Å². The number of nitrogens with zero attached hydrogens (tertiary/aromatic N) is 1. The predicted molar refractivity (Wildman–Crippen MR) is 62.9 cm³/mol. The molecule has 1 saturated heterocycles. The van der Waals surface area contributed by atoms with Crippen molar-refractivity contribution in [3.8, 4) is 0 Å². The van der Waals surface area contributed by atoms with Crippen LogP contribution in [-0.4, -0.2) is 22.5 Å². The monoisotopic (exact) mass is 208 g/mol. The van der Waals surface area contributed by atoms with Crippen molar-refractivity contribution in [2.45, 2.75) is 25.8 Å². The molecule has 0 radical (unpaired) electrons. The molecule has 2 heterocycles. The van der Waals surface area contributed by atoms with Gasteiger partial charge in [0.2, 0.25) is 0 Å². The van der Waals surface area contributed by atoms with Crippen molar-refractivity contribution in [3.05, 3.63) is 24.0 Å². The molecule has 2 rings (SSSR count). The van der Waals surface area contributed by atoms with Gasteiger partial charge in [0, 0.05) is 29.9 Å². The molecule has 3 heteroatoms. The Morgan fingerprint density at radius 1 is 1.57 bits per heavy atom. The smallest absolute Gasteiger partial charge is 0.0403 e. The fraction of sp³-hybridized carbons (Fsp3) is 0.545. The maximum Gasteiger partial charge on any atom is 0.0403 e. The summed E-state index contributed by atoms with van der Waals surface area (Å²) in [6, 6.07) is 2.71. The molecule has 0 amide bonds. The first-order chi connectivity index (χ1) is 6.86. The Balaban J connectivity index is 1.99. The Labute approximate surface area is 89.5 Å². The minimum Gasteiger partial charge on any atom is -0.381 e. The highest BCUT2D eigenvalue weighted by Crippen LogP contribution is 2.21. The quantitative estimate of drug-likeness (QED) is 0.809. The van der Waals surface area contributed by atoms with Gasteiger partial charge in [-0.05, 0) is 37.1 Å². The molecule has 14 heavy (non-hydrogen) atoms. The van der Waals surface area contributed by atoms with Crippen LogP contribution in [0.1, 0.15) is 18.4 Å². The lowest BCUT2D eigenvalue weighted by Gasteiger charge is -2.24. The maximum atomic E-state index is 4.09. The van der Waals surface area contributed by atoms with Crippen molar-refractivity contribution < 1.29 is 0 Å². The third-order valence-electron chi connectivity index (χ3n) is 2.54. The molecule has 76 valence electrons. The van der Waals surface area contributed by atoms with E-state index in [2.05, 4.69) is 23.3 Å². The Hall–Kier alpha value is -0.700. The highest BCUT2D eigenvalue weighted by atomic mass is 32.2. The summed E-state index contributed by atoms with van der Waals surface area (Å²) in [5.74, 6) is 2.56. The van der Waals surface area contributed by atoms with Gasteiger partial charge >= 0.3 is 0 Å². The van der Waals surface area contributed by atoms with Gasteiger partial charge in [0.05, 0.1) is 0 Å². The Kier molecular flexibility index (Phi) is 3.30. The highest BCUT2D eigenvalue weighted by Gasteiger charge is 2.13. The van der Waals surface area contributed by atoms with Crippen LogP contribution >= 0.6 is 11.8 Å². The van der Waals surface area contributed by atoms with E-state index in [1.54, 1.807) is 0 Å². The van der Waals surface area contributed by atoms with Gasteiger partial charge in [-0.25, -0.2) is 0 Å². The fourth-order valence-corrected chi connectivity index (χ4v) is 2.78. The molecule has 1 atom stereocenters. The van der Waals surface area contributed by atoms with Crippen LogP contribution in [-0.2, 0) is 0 Å². The van der Waals surface area contributed by atoms with Gasteiger partial charge in [-0.2, -0.15) is 11.8 Å². The second-order valence-electron chi connectivity index (χ2n) is 3.75. The molecule has 0 aromatic carbocycles. The first-order valence-corrected chi connectivity index (χ1v) is 6.26. The Morgan fingerprint density at radius 3 is 3.21 bits per heavy atom. The zero-order valence-electron chi connectivity index (χ0n) is 8.49. The van der Waals surface area contributed by atoms with Crippen LogP contribution in [0.25, 0.3) is 0 Å². The molecular formula is C11H16N2S. The number of thioether (sulfide) groups is 1. The van der Waals surface area contributed by atoms with E-state index in [0.29, 0.717) is 6.04 Å². The third kappa shape index (κ3) is 2.41. The van der Waals surface area contributed by atoms with Crippen molar-refractivity contribution in [1.29, 1.82) is 0 Å². The SMILES string of the molecule is Cc1cnccc1NC1CCCSC1. The lowest BCUT2D eigenvalue weighted by Crippen LogP contribution is -2.26. The second kappa shape index (κ2) is 4.69. The van der Waals surface area contributed by atoms with Crippen LogP contribution in [0, 0.1) is 6.92 Å². The van der Waals surface area contributed by atoms with Gasteiger partial charge in [0.1, 0.15) is 0 Å². The second-order valence-corrected chi connectivity index (χ2v) is 4.90. The average Bonchev–Trinajstić information content (AvgIpc) is 2.23. The van der Waals surface area contributed by atoms with Crippen molar-refractivity contribution in [1.82, 2.24) is 4.98 Å². The van der Waals surface area contributed by atoms with Crippen molar-refractivity contribution in [3.63, 3.8) is 0 Å². The fourth-order valence-electron chi connectivity index (χ4n) is 1.71. The molecule has 0 bridgehead atoms. The van der Waals surface area contributed by atoms with E-state index in [1.165, 1.54) is 35.6 Å². The van der Waals surface area contributed by atoms with Gasteiger partial charge in [-0.15, -0.1) is 0 Å². The van der Waals surface area contributed by atoms with Crippen LogP contribution < -0.4 is 5.32 Å². The first-order valence-electron chi connectivity index (χ1n) is 5.11. The summed E-state index contributed by atoms with van der Waals surface area (Å²) < 4.78 is 0. The van der Waals surface area contributed by atoms with Gasteiger partial charge in [-0.3, -0.25) is 4.98 Å². The molecule has 0 aliphatic carbocycles. The number of rotatable bonds is 2. The van der Waals surface area contributed by atoms with Crippen molar-refractivity contribution in [2.75, 3.05) is 16.8 Å². The van der Waals surface area contributed by atoms with E-state index in [-0.39, 0.29) is 0 Å². The number of aryl methyl sites for hydroxylation is 1. The number of anilines is 1. The molecule has 1 unspecified atom stereocenters. The standard InChI is InChI=1S/C11H16N2S/c1-9-7-12-5-4-11(9)13-10-3-2-6-14-8-10/h4-5,7,10H,2-3,6,8H2,1H3,(H,12,13). The third-order valence-corrected chi connectivity index (χ3v) is 3.76. The number of hydrogen-bond donors (Lipinski definition) is 1. The van der Waals surface area contributed by atoms with Gasteiger partial charge in [0.25, 0.3) is 0 Å². The highest BCUT2D eigenvalue weighted by molar-refractivity contribution is 7.99. The molecule has 0 spiro atoms. The van der Waals surface area contributed by atoms with E-state index >= 15 is 0 Å². The Morgan fingerprint density at radius 2 is 2.50 bits per heavy atom. The van der Waals surface area contributed by atoms with Crippen LogP contribution in [0.4, 0.5) is 5.69 Å². The predicted octanol–water partition coefficient (Wildman–Crippen LogP) is 2.70. The molecule has 1 aliphatic rings. The molecule has 1 aliphatic heterocycles. The molecule has 1 fully saturated rings. The minimum absolute atomic E-state index is 0.648. The van der Waals surface area contributed by atoms with Crippen LogP contribution in [0.15, 0.2) is 18.5 Å². The first kappa shape index (κ1) is 9.84. The van der Waals surface area contributed by atoms with E-state index in [1.807, 2.05) is 24.2 Å². The zero-order chi connectivity index (χ0) is 9.80. The molecular weight excluding hydrogens is 192 g/mol. The van der Waals surface area contributed by atoms with E-state index in [9.17, 15) is 0 Å². The molecule has 1 aromatic heterocycles. The lowest BCUT2D eigenvalue weighted by molar-refractivity contribution is 0.684. The van der Waals surface area contributed by atoms with Crippen LogP contribution in [0.3, 0.4) is 0 Å². The van der Waals surface area contributed by atoms with Crippen molar-refractivity contribution in [2.24, 2.45) is 0 Å². The number of pyridine rings is 1. The summed E-state index contributed by atoms with van der Waals surface area (Å²) in [7, 11) is 0. The summed E-state index contributed by atoms with van der Waals surface area (Å²) in [5, 5.41) is 3.59. The number of nitrogens with one attached hydrogen (secondary N) is 1. The number of aromatic nitrogens is 1. The van der Waals surface area contributed by atoms with Crippen molar-refractivity contribution >= 4 is 17.4 Å². The molecule has 0 saturated carbocycles. The maximum absolute atomic E-state index is 4.09. The van der Waals surface area contributed by atoms with Gasteiger partial charge < -0.3 is 5.32 Å². The summed E-state index contributed by atoms with van der Waals surface area (Å²) >= 11 is 2.05. The summed E-state index contributed by atoms with van der Waals surface area (Å²) in [6.07, 6.45) is 6.41. The molecule has 1 N–H and O–H groups in total. The Bertz CT molecular complexity index is 295. The minimum atomic E-state index is 0.648. The lowest BCUT2D eigenvalue weighted by atomic mass is 10.1. The number of hydrogen-bond acceptors (Lipinski definition) is 3. The van der Waals surface area contributed by atoms with Gasteiger partial charge in [-0.1, -0.05) is 0 Å². The average molecular weight is 208 g/mol. The zero-order valence-corrected chi connectivity index (χ0v) is 9.31. The molecule has 1 aromatic rings. The normalized spacial score (nSPS) is 21.9. The van der Waals surface area contributed by atoms with Crippen LogP contribution in [0.5, 0.6) is 0 Å². The summed E-state index contributed by atoms with van der Waals surface area (Å²) in [5.41, 5.74) is 2.48. The summed E-state index contributed by atoms with van der Waals surface area (Å²) in [6.45, 7) is 2.10. The topological polar surface area (TPSA) is 24.9 Å². The van der Waals surface area contributed by atoms with Crippen LogP contribution in [0.2, 0.25) is 0 Å². The molecule has 2 nitrogen and oxygen atoms in total. The van der Waals surface area contributed by atoms with E-state index < -0.39 is 0 Å². The van der Waals surface area contributed by atoms with Gasteiger partial charge in [0.15, 0.2) is 0 Å². The summed E-state index contributed by atoms with van der Waals surface area (Å²) in [4.78, 5) is 4.09.